The van der Waals surface area contributed by atoms with E-state index >= 15 is 0 Å². The summed E-state index contributed by atoms with van der Waals surface area (Å²) in [6, 6.07) is 8.45. The Morgan fingerprint density at radius 2 is 2.00 bits per heavy atom. The van der Waals surface area contributed by atoms with Crippen LogP contribution >= 0.6 is 0 Å². The van der Waals surface area contributed by atoms with Crippen molar-refractivity contribution in [1.29, 1.82) is 0 Å². The molecule has 0 amide bonds. The number of carbonyl (C=O) groups excluding carboxylic acids is 1. The van der Waals surface area contributed by atoms with Crippen molar-refractivity contribution in [2.45, 2.75) is 50.3 Å². The maximum absolute atomic E-state index is 11.8. The highest BCUT2D eigenvalue weighted by atomic mass is 16.8. The van der Waals surface area contributed by atoms with E-state index in [1.54, 1.807) is 44.2 Å². The van der Waals surface area contributed by atoms with Gasteiger partial charge < -0.3 is 29.2 Å². The molecule has 1 unspecified atom stereocenters. The maximum Gasteiger partial charge on any atom is 0.338 e. The monoisotopic (exact) mass is 324 g/mol. The molecule has 126 valence electrons. The van der Waals surface area contributed by atoms with E-state index < -0.39 is 42.5 Å². The van der Waals surface area contributed by atoms with Gasteiger partial charge in [-0.25, -0.2) is 4.79 Å². The van der Waals surface area contributed by atoms with Crippen LogP contribution in [0.15, 0.2) is 30.3 Å². The minimum atomic E-state index is -1.18. The minimum absolute atomic E-state index is 0.293. The van der Waals surface area contributed by atoms with E-state index in [2.05, 4.69) is 0 Å². The molecule has 7 heteroatoms. The highest BCUT2D eigenvalue weighted by molar-refractivity contribution is 5.89. The average molecular weight is 324 g/mol. The van der Waals surface area contributed by atoms with E-state index in [1.807, 2.05) is 0 Å². The molecule has 0 aliphatic carbocycles. The van der Waals surface area contributed by atoms with Crippen molar-refractivity contribution in [3.05, 3.63) is 35.9 Å². The summed E-state index contributed by atoms with van der Waals surface area (Å²) in [5.41, 5.74) is 0.387. The van der Waals surface area contributed by atoms with Crippen LogP contribution < -0.4 is 0 Å². The topological polar surface area (TPSA) is 94.5 Å². The smallest absolute Gasteiger partial charge is 0.338 e. The third-order valence-electron chi connectivity index (χ3n) is 3.83. The van der Waals surface area contributed by atoms with E-state index in [4.69, 9.17) is 18.9 Å². The molecule has 7 nitrogen and oxygen atoms in total. The lowest BCUT2D eigenvalue weighted by Gasteiger charge is -2.25. The van der Waals surface area contributed by atoms with E-state index in [1.165, 1.54) is 0 Å². The minimum Gasteiger partial charge on any atom is -0.459 e. The van der Waals surface area contributed by atoms with Crippen LogP contribution in [0.25, 0.3) is 0 Å². The second kappa shape index (κ2) is 6.18. The van der Waals surface area contributed by atoms with Crippen LogP contribution in [0.3, 0.4) is 0 Å². The van der Waals surface area contributed by atoms with Crippen LogP contribution in [0.1, 0.15) is 24.2 Å². The zero-order valence-electron chi connectivity index (χ0n) is 12.9. The summed E-state index contributed by atoms with van der Waals surface area (Å²) in [4.78, 5) is 11.8. The van der Waals surface area contributed by atoms with Crippen molar-refractivity contribution in [2.24, 2.45) is 0 Å². The summed E-state index contributed by atoms with van der Waals surface area (Å²) in [5, 5.41) is 20.3. The first kappa shape index (κ1) is 16.4. The van der Waals surface area contributed by atoms with Crippen LogP contribution in [0.4, 0.5) is 0 Å². The van der Waals surface area contributed by atoms with E-state index in [0.717, 1.165) is 0 Å². The fourth-order valence-electron chi connectivity index (χ4n) is 2.75. The fraction of sp³-hybridized carbons (Fsp3) is 0.562. The lowest BCUT2D eigenvalue weighted by Crippen LogP contribution is -2.43. The van der Waals surface area contributed by atoms with Gasteiger partial charge in [-0.1, -0.05) is 18.2 Å². The molecule has 23 heavy (non-hydrogen) atoms. The normalized spacial score (nSPS) is 33.2. The molecule has 2 aliphatic heterocycles. The molecule has 0 saturated carbocycles. The number of benzene rings is 1. The number of fused-ring (bicyclic) bond motifs is 1. The molecule has 0 bridgehead atoms. The Morgan fingerprint density at radius 1 is 1.30 bits per heavy atom. The number of aliphatic hydroxyl groups excluding tert-OH is 2. The average Bonchev–Trinajstić information content (AvgIpc) is 2.99. The molecular weight excluding hydrogens is 304 g/mol. The van der Waals surface area contributed by atoms with Gasteiger partial charge in [0.15, 0.2) is 12.1 Å². The first-order valence-electron chi connectivity index (χ1n) is 7.47. The van der Waals surface area contributed by atoms with Gasteiger partial charge in [0.25, 0.3) is 0 Å². The number of hydrogen-bond acceptors (Lipinski definition) is 7. The molecule has 2 aliphatic rings. The van der Waals surface area contributed by atoms with Crippen LogP contribution in [-0.4, -0.2) is 59.3 Å². The van der Waals surface area contributed by atoms with Crippen LogP contribution in [0, 0.1) is 0 Å². The number of carbonyl (C=O) groups is 1. The fourth-order valence-corrected chi connectivity index (χ4v) is 2.75. The molecule has 3 rings (SSSR count). The van der Waals surface area contributed by atoms with Gasteiger partial charge in [0.2, 0.25) is 0 Å². The number of aliphatic hydroxyl groups is 2. The predicted octanol–water partition coefficient (Wildman–Crippen LogP) is 0.442. The summed E-state index contributed by atoms with van der Waals surface area (Å²) >= 11 is 0. The lowest BCUT2D eigenvalue weighted by molar-refractivity contribution is -0.227. The molecule has 0 spiro atoms. The molecular formula is C16H20O7. The molecule has 0 aromatic heterocycles. The van der Waals surface area contributed by atoms with Crippen molar-refractivity contribution in [3.8, 4) is 0 Å². The van der Waals surface area contributed by atoms with Gasteiger partial charge in [-0.15, -0.1) is 0 Å². The second-order valence-electron chi connectivity index (χ2n) is 6.09. The van der Waals surface area contributed by atoms with Gasteiger partial charge >= 0.3 is 5.97 Å². The number of ether oxygens (including phenoxy) is 4. The van der Waals surface area contributed by atoms with Gasteiger partial charge in [-0.3, -0.25) is 0 Å². The molecule has 2 fully saturated rings. The summed E-state index contributed by atoms with van der Waals surface area (Å²) in [7, 11) is 0. The molecule has 1 aromatic carbocycles. The number of esters is 1. The first-order valence-corrected chi connectivity index (χ1v) is 7.47. The zero-order valence-corrected chi connectivity index (χ0v) is 12.9. The van der Waals surface area contributed by atoms with E-state index in [0.29, 0.717) is 5.56 Å². The Labute approximate surface area is 133 Å². The van der Waals surface area contributed by atoms with E-state index in [-0.39, 0.29) is 6.61 Å². The molecule has 0 radical (unpaired) electrons. The van der Waals surface area contributed by atoms with Crippen LogP contribution in [0.2, 0.25) is 0 Å². The van der Waals surface area contributed by atoms with Gasteiger partial charge in [0.1, 0.15) is 31.0 Å². The Balaban J connectivity index is 1.54. The van der Waals surface area contributed by atoms with Gasteiger partial charge in [0, 0.05) is 0 Å². The van der Waals surface area contributed by atoms with Crippen molar-refractivity contribution >= 4 is 5.97 Å². The highest BCUT2D eigenvalue weighted by Gasteiger charge is 2.56. The SMILES string of the molecule is CC1(C)O[C@@H]2O[C@@H](C(O)COC(=O)c3ccccc3)[C@@H](O)[C@@H]2O1. The van der Waals surface area contributed by atoms with Gasteiger partial charge in [-0.2, -0.15) is 0 Å². The zero-order chi connectivity index (χ0) is 16.6. The van der Waals surface area contributed by atoms with Crippen molar-refractivity contribution in [1.82, 2.24) is 0 Å². The van der Waals surface area contributed by atoms with Gasteiger partial charge in [0.05, 0.1) is 5.56 Å². The van der Waals surface area contributed by atoms with Crippen LogP contribution in [0.5, 0.6) is 0 Å². The summed E-state index contributed by atoms with van der Waals surface area (Å²) in [5.74, 6) is -1.39. The number of rotatable bonds is 4. The lowest BCUT2D eigenvalue weighted by atomic mass is 10.1. The van der Waals surface area contributed by atoms with Gasteiger partial charge in [-0.05, 0) is 26.0 Å². The molecule has 2 heterocycles. The van der Waals surface area contributed by atoms with E-state index in [9.17, 15) is 15.0 Å². The molecule has 1 aromatic rings. The summed E-state index contributed by atoms with van der Waals surface area (Å²) < 4.78 is 21.6. The van der Waals surface area contributed by atoms with Crippen molar-refractivity contribution < 1.29 is 34.0 Å². The highest BCUT2D eigenvalue weighted by Crippen LogP contribution is 2.38. The van der Waals surface area contributed by atoms with Crippen molar-refractivity contribution in [3.63, 3.8) is 0 Å². The quantitative estimate of drug-likeness (QED) is 0.776. The molecule has 2 N–H and O–H groups in total. The predicted molar refractivity (Wildman–Crippen MR) is 77.4 cm³/mol. The van der Waals surface area contributed by atoms with Crippen LogP contribution in [-0.2, 0) is 18.9 Å². The number of hydrogen-bond donors (Lipinski definition) is 2. The Kier molecular flexibility index (Phi) is 4.39. The standard InChI is InChI=1S/C16H20O7/c1-16(2)22-13-11(18)12(21-15(13)23-16)10(17)8-20-14(19)9-6-4-3-5-7-9/h3-7,10-13,15,17-18H,8H2,1-2H3/t10?,11-,12+,13+,15+/m1/s1. The third-order valence-corrected chi connectivity index (χ3v) is 3.83. The molecule has 2 saturated heterocycles. The molecule has 5 atom stereocenters. The Morgan fingerprint density at radius 3 is 2.65 bits per heavy atom. The second-order valence-corrected chi connectivity index (χ2v) is 6.09. The largest absolute Gasteiger partial charge is 0.459 e. The van der Waals surface area contributed by atoms with Crippen molar-refractivity contribution in [2.75, 3.05) is 6.61 Å². The Bertz CT molecular complexity index is 559. The Hall–Kier alpha value is -1.51. The summed E-state index contributed by atoms with van der Waals surface area (Å²) in [6.07, 6.45) is -4.60. The first-order chi connectivity index (χ1) is 10.9. The maximum atomic E-state index is 11.8. The third kappa shape index (κ3) is 3.39. The summed E-state index contributed by atoms with van der Waals surface area (Å²) in [6.45, 7) is 3.14.